The zero-order chi connectivity index (χ0) is 17.3. The summed E-state index contributed by atoms with van der Waals surface area (Å²) in [5, 5.41) is 0. The Morgan fingerprint density at radius 3 is 2.83 bits per heavy atom. The summed E-state index contributed by atoms with van der Waals surface area (Å²) in [7, 11) is 1.56. The van der Waals surface area contributed by atoms with Gasteiger partial charge in [-0.3, -0.25) is 0 Å². The third kappa shape index (κ3) is 3.23. The maximum atomic E-state index is 12.2. The van der Waals surface area contributed by atoms with Crippen LogP contribution in [0.4, 0.5) is 0 Å². The summed E-state index contributed by atoms with van der Waals surface area (Å²) in [6.45, 7) is 6.21. The molecule has 0 spiro atoms. The van der Waals surface area contributed by atoms with Crippen LogP contribution >= 0.6 is 0 Å². The SMILES string of the molecule is CCC[C@@H]1[C@H]2Cc3cccc(C)c3C[C@H]2C[C@H]1OC(=O)[C@@H](C)OC. The van der Waals surface area contributed by atoms with Crippen LogP contribution in [0.5, 0.6) is 0 Å². The molecule has 0 saturated heterocycles. The number of rotatable bonds is 5. The van der Waals surface area contributed by atoms with Gasteiger partial charge in [-0.1, -0.05) is 31.5 Å². The van der Waals surface area contributed by atoms with E-state index in [9.17, 15) is 4.79 Å². The molecule has 2 aliphatic rings. The Labute approximate surface area is 145 Å². The molecule has 0 aromatic heterocycles. The average molecular weight is 330 g/mol. The Balaban J connectivity index is 1.79. The van der Waals surface area contributed by atoms with E-state index in [0.29, 0.717) is 17.8 Å². The van der Waals surface area contributed by atoms with Crippen molar-refractivity contribution in [1.29, 1.82) is 0 Å². The van der Waals surface area contributed by atoms with Crippen molar-refractivity contribution in [3.8, 4) is 0 Å². The number of ether oxygens (including phenoxy) is 2. The third-order valence-electron chi connectivity index (χ3n) is 6.17. The topological polar surface area (TPSA) is 35.5 Å². The summed E-state index contributed by atoms with van der Waals surface area (Å²) >= 11 is 0. The molecule has 1 fully saturated rings. The van der Waals surface area contributed by atoms with Crippen molar-refractivity contribution < 1.29 is 14.3 Å². The molecule has 1 saturated carbocycles. The van der Waals surface area contributed by atoms with Gasteiger partial charge in [-0.25, -0.2) is 4.79 Å². The fourth-order valence-corrected chi connectivity index (χ4v) is 4.80. The lowest BCUT2D eigenvalue weighted by molar-refractivity contribution is -0.162. The smallest absolute Gasteiger partial charge is 0.335 e. The van der Waals surface area contributed by atoms with E-state index in [1.165, 1.54) is 16.7 Å². The molecule has 3 rings (SSSR count). The molecular weight excluding hydrogens is 300 g/mol. The van der Waals surface area contributed by atoms with E-state index in [0.717, 1.165) is 32.1 Å². The molecule has 24 heavy (non-hydrogen) atoms. The van der Waals surface area contributed by atoms with Gasteiger partial charge in [0.05, 0.1) is 0 Å². The van der Waals surface area contributed by atoms with Gasteiger partial charge in [0.2, 0.25) is 0 Å². The maximum Gasteiger partial charge on any atom is 0.335 e. The Morgan fingerprint density at radius 1 is 1.33 bits per heavy atom. The molecule has 1 aromatic rings. The molecule has 2 aliphatic carbocycles. The number of hydrogen-bond acceptors (Lipinski definition) is 3. The van der Waals surface area contributed by atoms with Crippen LogP contribution in [-0.2, 0) is 27.1 Å². The van der Waals surface area contributed by atoms with Gasteiger partial charge < -0.3 is 9.47 Å². The lowest BCUT2D eigenvalue weighted by atomic mass is 9.73. The Morgan fingerprint density at radius 2 is 2.12 bits per heavy atom. The van der Waals surface area contributed by atoms with Crippen LogP contribution in [0, 0.1) is 24.7 Å². The molecule has 0 unspecified atom stereocenters. The van der Waals surface area contributed by atoms with Gasteiger partial charge in [-0.2, -0.15) is 0 Å². The summed E-state index contributed by atoms with van der Waals surface area (Å²) in [6, 6.07) is 6.68. The van der Waals surface area contributed by atoms with E-state index in [1.54, 1.807) is 14.0 Å². The van der Waals surface area contributed by atoms with Crippen molar-refractivity contribution >= 4 is 5.97 Å². The quantitative estimate of drug-likeness (QED) is 0.763. The van der Waals surface area contributed by atoms with Crippen molar-refractivity contribution in [3.05, 3.63) is 34.9 Å². The zero-order valence-electron chi connectivity index (χ0n) is 15.4. The molecular formula is C21H30O3. The predicted molar refractivity (Wildman–Crippen MR) is 94.9 cm³/mol. The van der Waals surface area contributed by atoms with E-state index >= 15 is 0 Å². The molecule has 1 aromatic carbocycles. The molecule has 0 amide bonds. The zero-order valence-corrected chi connectivity index (χ0v) is 15.4. The first kappa shape index (κ1) is 17.5. The minimum Gasteiger partial charge on any atom is -0.460 e. The van der Waals surface area contributed by atoms with Crippen LogP contribution in [0.1, 0.15) is 49.8 Å². The summed E-state index contributed by atoms with van der Waals surface area (Å²) in [4.78, 5) is 12.2. The molecule has 3 nitrogen and oxygen atoms in total. The molecule has 132 valence electrons. The van der Waals surface area contributed by atoms with Crippen LogP contribution in [0.2, 0.25) is 0 Å². The summed E-state index contributed by atoms with van der Waals surface area (Å²) in [5.74, 6) is 1.57. The summed E-state index contributed by atoms with van der Waals surface area (Å²) < 4.78 is 11.0. The summed E-state index contributed by atoms with van der Waals surface area (Å²) in [5.41, 5.74) is 4.45. The van der Waals surface area contributed by atoms with Gasteiger partial charge in [0.1, 0.15) is 6.10 Å². The molecule has 5 atom stereocenters. The highest BCUT2D eigenvalue weighted by Gasteiger charge is 2.46. The van der Waals surface area contributed by atoms with Crippen LogP contribution in [-0.4, -0.2) is 25.3 Å². The van der Waals surface area contributed by atoms with Gasteiger partial charge in [-0.05, 0) is 74.0 Å². The molecule has 3 heteroatoms. The van der Waals surface area contributed by atoms with Crippen LogP contribution in [0.3, 0.4) is 0 Å². The minimum atomic E-state index is -0.477. The Hall–Kier alpha value is -1.35. The molecule has 0 aliphatic heterocycles. The number of benzene rings is 1. The van der Waals surface area contributed by atoms with Gasteiger partial charge in [0.25, 0.3) is 0 Å². The highest BCUT2D eigenvalue weighted by molar-refractivity contribution is 5.74. The lowest BCUT2D eigenvalue weighted by Crippen LogP contribution is -2.31. The minimum absolute atomic E-state index is 0.0552. The second-order valence-electron chi connectivity index (χ2n) is 7.59. The second kappa shape index (κ2) is 7.26. The number of hydrogen-bond donors (Lipinski definition) is 0. The number of methoxy groups -OCH3 is 1. The van der Waals surface area contributed by atoms with Gasteiger partial charge in [-0.15, -0.1) is 0 Å². The van der Waals surface area contributed by atoms with Crippen molar-refractivity contribution in [3.63, 3.8) is 0 Å². The number of esters is 1. The standard InChI is InChI=1S/C21H30O3/c1-5-7-17-19-10-15-9-6-8-13(2)18(15)11-16(19)12-20(17)24-21(22)14(3)23-4/h6,8-9,14,16-17,19-20H,5,7,10-12H2,1-4H3/t14-,16+,17-,19+,20-/m1/s1. The Bertz CT molecular complexity index is 595. The number of carbonyl (C=O) groups is 1. The van der Waals surface area contributed by atoms with E-state index in [1.807, 2.05) is 0 Å². The van der Waals surface area contributed by atoms with Crippen LogP contribution in [0.15, 0.2) is 18.2 Å². The van der Waals surface area contributed by atoms with Crippen molar-refractivity contribution in [2.75, 3.05) is 7.11 Å². The number of aryl methyl sites for hydroxylation is 1. The van der Waals surface area contributed by atoms with Gasteiger partial charge in [0, 0.05) is 7.11 Å². The van der Waals surface area contributed by atoms with Crippen molar-refractivity contribution in [2.45, 2.75) is 65.1 Å². The van der Waals surface area contributed by atoms with Crippen LogP contribution in [0.25, 0.3) is 0 Å². The van der Waals surface area contributed by atoms with Gasteiger partial charge >= 0.3 is 5.97 Å². The normalized spacial score (nSPS) is 29.7. The van der Waals surface area contributed by atoms with E-state index in [2.05, 4.69) is 32.0 Å². The van der Waals surface area contributed by atoms with Crippen molar-refractivity contribution in [2.24, 2.45) is 17.8 Å². The number of carbonyl (C=O) groups excluding carboxylic acids is 1. The van der Waals surface area contributed by atoms with Crippen molar-refractivity contribution in [1.82, 2.24) is 0 Å². The molecule has 0 radical (unpaired) electrons. The highest BCUT2D eigenvalue weighted by atomic mass is 16.6. The maximum absolute atomic E-state index is 12.2. The fourth-order valence-electron chi connectivity index (χ4n) is 4.80. The Kier molecular flexibility index (Phi) is 5.29. The summed E-state index contributed by atoms with van der Waals surface area (Å²) in [6.07, 6.45) is 5.14. The molecule has 0 heterocycles. The monoisotopic (exact) mass is 330 g/mol. The first-order valence-electron chi connectivity index (χ1n) is 9.35. The second-order valence-corrected chi connectivity index (χ2v) is 7.59. The lowest BCUT2D eigenvalue weighted by Gasteiger charge is -2.32. The number of fused-ring (bicyclic) bond motifs is 2. The first-order valence-corrected chi connectivity index (χ1v) is 9.35. The molecule has 0 N–H and O–H groups in total. The molecule has 0 bridgehead atoms. The highest BCUT2D eigenvalue weighted by Crippen LogP contribution is 2.48. The van der Waals surface area contributed by atoms with E-state index in [-0.39, 0.29) is 12.1 Å². The van der Waals surface area contributed by atoms with E-state index in [4.69, 9.17) is 9.47 Å². The third-order valence-corrected chi connectivity index (χ3v) is 6.17. The van der Waals surface area contributed by atoms with Gasteiger partial charge in [0.15, 0.2) is 6.10 Å². The fraction of sp³-hybridized carbons (Fsp3) is 0.667. The first-order chi connectivity index (χ1) is 11.5. The predicted octanol–water partition coefficient (Wildman–Crippen LogP) is 4.09. The van der Waals surface area contributed by atoms with E-state index < -0.39 is 6.10 Å². The largest absolute Gasteiger partial charge is 0.460 e. The average Bonchev–Trinajstić information content (AvgIpc) is 2.90. The van der Waals surface area contributed by atoms with Crippen LogP contribution < -0.4 is 0 Å².